The van der Waals surface area contributed by atoms with Crippen molar-refractivity contribution in [3.63, 3.8) is 0 Å². The number of anilines is 1. The third-order valence-corrected chi connectivity index (χ3v) is 7.93. The average Bonchev–Trinajstić information content (AvgIpc) is 3.14. The number of carbonyl (C=O) groups excluding carboxylic acids is 3. The predicted octanol–water partition coefficient (Wildman–Crippen LogP) is 4.53. The number of aromatic nitrogens is 2. The SMILES string of the molecule is CCC(C)NC(=O)c1cc(-c2cnc(NC(C)C)c(=O)n2CC(=O)NCc2ccc(/C(N)=N/C(=O)OCc3ccccc3)cc2OC)cc([N+](=O)[O-])c1. The van der Waals surface area contributed by atoms with Gasteiger partial charge < -0.3 is 31.2 Å². The first-order valence-corrected chi connectivity index (χ1v) is 16.7. The van der Waals surface area contributed by atoms with Crippen LogP contribution in [0.4, 0.5) is 16.3 Å². The van der Waals surface area contributed by atoms with E-state index in [9.17, 15) is 29.3 Å². The van der Waals surface area contributed by atoms with Crippen molar-refractivity contribution >= 4 is 35.2 Å². The summed E-state index contributed by atoms with van der Waals surface area (Å²) in [5.41, 5.74) is 6.98. The van der Waals surface area contributed by atoms with Crippen molar-refractivity contribution in [3.8, 4) is 17.0 Å². The van der Waals surface area contributed by atoms with Crippen LogP contribution in [0.2, 0.25) is 0 Å². The largest absolute Gasteiger partial charge is 0.496 e. The molecule has 1 unspecified atom stereocenters. The van der Waals surface area contributed by atoms with Crippen LogP contribution in [0.3, 0.4) is 0 Å². The van der Waals surface area contributed by atoms with Gasteiger partial charge in [-0.15, -0.1) is 0 Å². The molecule has 4 aromatic rings. The molecular formula is C37H42N8O8. The minimum absolute atomic E-state index is 0.00707. The Morgan fingerprint density at radius 1 is 1.04 bits per heavy atom. The maximum absolute atomic E-state index is 13.7. The van der Waals surface area contributed by atoms with Gasteiger partial charge in [0.1, 0.15) is 24.7 Å². The van der Waals surface area contributed by atoms with Gasteiger partial charge in [0.15, 0.2) is 5.82 Å². The lowest BCUT2D eigenvalue weighted by Gasteiger charge is -2.17. The topological polar surface area (TPSA) is 222 Å². The molecule has 5 N–H and O–H groups in total. The second-order valence-corrected chi connectivity index (χ2v) is 12.3. The first-order valence-electron chi connectivity index (χ1n) is 16.7. The molecule has 4 rings (SSSR count). The maximum Gasteiger partial charge on any atom is 0.435 e. The summed E-state index contributed by atoms with van der Waals surface area (Å²) in [5, 5.41) is 20.4. The van der Waals surface area contributed by atoms with E-state index in [4.69, 9.17) is 15.2 Å². The Morgan fingerprint density at radius 3 is 2.43 bits per heavy atom. The first kappa shape index (κ1) is 39.2. The fourth-order valence-corrected chi connectivity index (χ4v) is 5.01. The number of aliphatic imine (C=N–C) groups is 1. The lowest BCUT2D eigenvalue weighted by atomic mass is 10.1. The van der Waals surface area contributed by atoms with Gasteiger partial charge in [-0.2, -0.15) is 4.99 Å². The monoisotopic (exact) mass is 726 g/mol. The van der Waals surface area contributed by atoms with Gasteiger partial charge in [-0.05, 0) is 44.9 Å². The van der Waals surface area contributed by atoms with Crippen LogP contribution in [-0.2, 0) is 29.2 Å². The zero-order valence-electron chi connectivity index (χ0n) is 30.0. The molecule has 0 aliphatic carbocycles. The molecule has 1 heterocycles. The van der Waals surface area contributed by atoms with Gasteiger partial charge in [0.2, 0.25) is 5.91 Å². The molecule has 0 aliphatic rings. The zero-order valence-corrected chi connectivity index (χ0v) is 30.0. The van der Waals surface area contributed by atoms with Crippen molar-refractivity contribution in [3.05, 3.63) is 116 Å². The Hall–Kier alpha value is -6.58. The van der Waals surface area contributed by atoms with Crippen LogP contribution < -0.4 is 32.0 Å². The number of nitrogens with zero attached hydrogens (tertiary/aromatic N) is 4. The summed E-state index contributed by atoms with van der Waals surface area (Å²) in [5.74, 6) is -0.906. The van der Waals surface area contributed by atoms with E-state index in [1.54, 1.807) is 25.1 Å². The van der Waals surface area contributed by atoms with E-state index in [0.29, 0.717) is 23.3 Å². The molecule has 1 aromatic heterocycles. The highest BCUT2D eigenvalue weighted by atomic mass is 16.6. The summed E-state index contributed by atoms with van der Waals surface area (Å²) in [4.78, 5) is 71.6. The number of nitro groups is 1. The Bertz CT molecular complexity index is 2060. The van der Waals surface area contributed by atoms with Gasteiger partial charge in [-0.25, -0.2) is 9.78 Å². The molecule has 0 bridgehead atoms. The van der Waals surface area contributed by atoms with E-state index in [2.05, 4.69) is 25.9 Å². The number of amidine groups is 1. The Morgan fingerprint density at radius 2 is 1.77 bits per heavy atom. The van der Waals surface area contributed by atoms with Crippen LogP contribution in [0, 0.1) is 10.1 Å². The van der Waals surface area contributed by atoms with Crippen LogP contribution in [0.5, 0.6) is 5.75 Å². The van der Waals surface area contributed by atoms with E-state index < -0.39 is 34.9 Å². The van der Waals surface area contributed by atoms with Gasteiger partial charge in [-0.3, -0.25) is 29.1 Å². The van der Waals surface area contributed by atoms with E-state index in [-0.39, 0.29) is 59.4 Å². The first-order chi connectivity index (χ1) is 25.3. The number of nitrogens with two attached hydrogens (primary N) is 1. The normalized spacial score (nSPS) is 11.8. The lowest BCUT2D eigenvalue weighted by molar-refractivity contribution is -0.384. The third kappa shape index (κ3) is 10.7. The second kappa shape index (κ2) is 18.1. The quantitative estimate of drug-likeness (QED) is 0.0576. The third-order valence-electron chi connectivity index (χ3n) is 7.93. The Kier molecular flexibility index (Phi) is 13.4. The highest BCUT2D eigenvalue weighted by Crippen LogP contribution is 2.26. The summed E-state index contributed by atoms with van der Waals surface area (Å²) in [6.07, 6.45) is 1.09. The molecule has 0 saturated carbocycles. The van der Waals surface area contributed by atoms with Crippen molar-refractivity contribution < 1.29 is 28.8 Å². The molecule has 0 spiro atoms. The number of rotatable bonds is 15. The number of benzene rings is 3. The summed E-state index contributed by atoms with van der Waals surface area (Å²) in [6, 6.07) is 17.3. The van der Waals surface area contributed by atoms with Crippen molar-refractivity contribution in [1.82, 2.24) is 20.2 Å². The van der Waals surface area contributed by atoms with Crippen LogP contribution in [0.15, 0.2) is 82.7 Å². The number of nitrogens with one attached hydrogen (secondary N) is 3. The van der Waals surface area contributed by atoms with E-state index in [1.807, 2.05) is 51.1 Å². The van der Waals surface area contributed by atoms with Crippen molar-refractivity contribution in [2.75, 3.05) is 12.4 Å². The standard InChI is InChI=1S/C37H42N8O8/c1-6-23(4)42-35(47)28-14-27(15-29(16-28)45(50)51)30-19-40-34(41-22(2)3)36(48)44(30)20-32(46)39-18-26-13-12-25(17-31(26)52-5)33(38)43-37(49)53-21-24-10-8-7-9-11-24/h7-17,19,22-23H,6,18,20-21H2,1-5H3,(H,39,46)(H,40,41)(H,42,47)(H2,38,43,49). The lowest BCUT2D eigenvalue weighted by Crippen LogP contribution is -2.35. The maximum atomic E-state index is 13.7. The predicted molar refractivity (Wildman–Crippen MR) is 199 cm³/mol. The fraction of sp³-hybridized carbons (Fsp3) is 0.297. The Labute approximate surface area is 305 Å². The van der Waals surface area contributed by atoms with Gasteiger partial charge in [0.25, 0.3) is 17.2 Å². The summed E-state index contributed by atoms with van der Waals surface area (Å²) >= 11 is 0. The number of hydrogen-bond acceptors (Lipinski definition) is 10. The number of nitro benzene ring substituents is 1. The summed E-state index contributed by atoms with van der Waals surface area (Å²) < 4.78 is 11.8. The van der Waals surface area contributed by atoms with E-state index in [1.165, 1.54) is 25.4 Å². The molecule has 278 valence electrons. The molecule has 1 atom stereocenters. The zero-order chi connectivity index (χ0) is 38.7. The van der Waals surface area contributed by atoms with Crippen LogP contribution in [-0.4, -0.2) is 57.4 Å². The van der Waals surface area contributed by atoms with E-state index in [0.717, 1.165) is 16.2 Å². The number of non-ortho nitro benzene ring substituents is 1. The minimum atomic E-state index is -0.866. The number of methoxy groups -OCH3 is 1. The number of ether oxygens (including phenoxy) is 2. The number of amides is 3. The van der Waals surface area contributed by atoms with Crippen LogP contribution in [0.25, 0.3) is 11.3 Å². The number of hydrogen-bond donors (Lipinski definition) is 4. The highest BCUT2D eigenvalue weighted by Gasteiger charge is 2.21. The van der Waals surface area contributed by atoms with Crippen molar-refractivity contribution in [2.45, 2.75) is 65.9 Å². The molecular weight excluding hydrogens is 684 g/mol. The van der Waals surface area contributed by atoms with E-state index >= 15 is 0 Å². The highest BCUT2D eigenvalue weighted by molar-refractivity contribution is 6.03. The fourth-order valence-electron chi connectivity index (χ4n) is 5.01. The second-order valence-electron chi connectivity index (χ2n) is 12.3. The molecule has 3 aromatic carbocycles. The molecule has 16 nitrogen and oxygen atoms in total. The molecule has 0 radical (unpaired) electrons. The molecule has 53 heavy (non-hydrogen) atoms. The van der Waals surface area contributed by atoms with Gasteiger partial charge in [-0.1, -0.05) is 49.4 Å². The number of carbonyl (C=O) groups is 3. The molecule has 0 aliphatic heterocycles. The van der Waals surface area contributed by atoms with Crippen LogP contribution in [0.1, 0.15) is 61.2 Å². The molecule has 16 heteroatoms. The average molecular weight is 727 g/mol. The molecule has 3 amide bonds. The van der Waals surface area contributed by atoms with Crippen molar-refractivity contribution in [2.24, 2.45) is 10.7 Å². The molecule has 0 saturated heterocycles. The van der Waals surface area contributed by atoms with Crippen LogP contribution >= 0.6 is 0 Å². The Balaban J connectivity index is 1.57. The summed E-state index contributed by atoms with van der Waals surface area (Å²) in [7, 11) is 1.43. The smallest absolute Gasteiger partial charge is 0.435 e. The molecule has 0 fully saturated rings. The van der Waals surface area contributed by atoms with Crippen molar-refractivity contribution in [1.29, 1.82) is 0 Å². The van der Waals surface area contributed by atoms with Gasteiger partial charge in [0, 0.05) is 53.0 Å². The van der Waals surface area contributed by atoms with Gasteiger partial charge >= 0.3 is 6.09 Å². The summed E-state index contributed by atoms with van der Waals surface area (Å²) in [6.45, 7) is 6.82. The van der Waals surface area contributed by atoms with Gasteiger partial charge in [0.05, 0.1) is 23.9 Å². The minimum Gasteiger partial charge on any atom is -0.496 e.